The molecule has 1 aliphatic rings. The van der Waals surface area contributed by atoms with Gasteiger partial charge in [0.2, 0.25) is 11.8 Å². The van der Waals surface area contributed by atoms with Crippen LogP contribution < -0.4 is 5.32 Å². The summed E-state index contributed by atoms with van der Waals surface area (Å²) in [5, 5.41) is 11.1. The maximum atomic E-state index is 12.3. The predicted molar refractivity (Wildman–Crippen MR) is 52.0 cm³/mol. The molecule has 1 saturated carbocycles. The van der Waals surface area contributed by atoms with Crippen LogP contribution >= 0.6 is 0 Å². The Morgan fingerprint density at radius 2 is 1.53 bits per heavy atom. The molecule has 3 nitrogen and oxygen atoms in total. The summed E-state index contributed by atoms with van der Waals surface area (Å²) in [5.74, 6) is -6.22. The minimum Gasteiger partial charge on any atom is -0.391 e. The lowest BCUT2D eigenvalue weighted by Gasteiger charge is -2.30. The second-order valence-electron chi connectivity index (χ2n) is 4.48. The average Bonchev–Trinajstić information content (AvgIpc) is 2.16. The van der Waals surface area contributed by atoms with E-state index in [1.165, 1.54) is 0 Å². The molecule has 0 radical (unpaired) electrons. The summed E-state index contributed by atoms with van der Waals surface area (Å²) in [6, 6.07) is -1.06. The van der Waals surface area contributed by atoms with E-state index < -0.39 is 36.3 Å². The summed E-state index contributed by atoms with van der Waals surface area (Å²) in [7, 11) is 0. The van der Waals surface area contributed by atoms with Gasteiger partial charge in [-0.05, 0) is 12.8 Å². The van der Waals surface area contributed by atoms with Crippen molar-refractivity contribution < 1.29 is 36.2 Å². The van der Waals surface area contributed by atoms with Crippen LogP contribution in [0.5, 0.6) is 0 Å². The molecule has 1 rings (SSSR count). The summed E-state index contributed by atoms with van der Waals surface area (Å²) in [4.78, 5) is 11.2. The molecule has 1 fully saturated rings. The molecule has 0 spiro atoms. The zero-order chi connectivity index (χ0) is 14.8. The third-order valence-corrected chi connectivity index (χ3v) is 2.97. The molecular weight excluding hydrogens is 280 g/mol. The summed E-state index contributed by atoms with van der Waals surface area (Å²) >= 11 is 0. The molecule has 1 amide bonds. The van der Waals surface area contributed by atoms with Gasteiger partial charge in [0.15, 0.2) is 0 Å². The zero-order valence-corrected chi connectivity index (χ0v) is 9.68. The SMILES string of the molecule is O=C(N[C@@H]1CCCC[C@H]1O)C(C(F)(F)F)C(F)(F)F. The van der Waals surface area contributed by atoms with Crippen molar-refractivity contribution in [2.75, 3.05) is 0 Å². The van der Waals surface area contributed by atoms with Crippen molar-refractivity contribution in [3.05, 3.63) is 0 Å². The Hall–Kier alpha value is -0.990. The molecule has 0 heterocycles. The van der Waals surface area contributed by atoms with Gasteiger partial charge in [0.05, 0.1) is 12.1 Å². The number of nitrogens with one attached hydrogen (secondary N) is 1. The van der Waals surface area contributed by atoms with Gasteiger partial charge in [-0.1, -0.05) is 12.8 Å². The summed E-state index contributed by atoms with van der Waals surface area (Å²) in [6.45, 7) is 0. The van der Waals surface area contributed by atoms with Crippen LogP contribution in [0.3, 0.4) is 0 Å². The monoisotopic (exact) mass is 293 g/mol. The van der Waals surface area contributed by atoms with E-state index in [-0.39, 0.29) is 12.8 Å². The van der Waals surface area contributed by atoms with E-state index in [1.54, 1.807) is 5.32 Å². The number of halogens is 6. The van der Waals surface area contributed by atoms with Crippen LogP contribution in [0.4, 0.5) is 26.3 Å². The Labute approximate surface area is 105 Å². The number of carbonyl (C=O) groups excluding carboxylic acids is 1. The fraction of sp³-hybridized carbons (Fsp3) is 0.900. The summed E-state index contributed by atoms with van der Waals surface area (Å²) < 4.78 is 73.6. The molecule has 0 unspecified atom stereocenters. The maximum absolute atomic E-state index is 12.3. The standard InChI is InChI=1S/C10H13F6NO2/c11-9(12,13)7(10(14,15)16)8(19)17-5-3-1-2-4-6(5)18/h5-7,18H,1-4H2,(H,17,19)/t5-,6-/m1/s1. The lowest BCUT2D eigenvalue weighted by Crippen LogP contribution is -2.53. The zero-order valence-electron chi connectivity index (χ0n) is 9.68. The van der Waals surface area contributed by atoms with E-state index in [1.807, 2.05) is 0 Å². The van der Waals surface area contributed by atoms with Crippen molar-refractivity contribution in [3.63, 3.8) is 0 Å². The quantitative estimate of drug-likeness (QED) is 0.766. The normalized spacial score (nSPS) is 25.5. The minimum atomic E-state index is -5.71. The first kappa shape index (κ1) is 16.1. The van der Waals surface area contributed by atoms with Gasteiger partial charge in [-0.3, -0.25) is 4.79 Å². The average molecular weight is 293 g/mol. The van der Waals surface area contributed by atoms with Crippen LogP contribution in [0.15, 0.2) is 0 Å². The molecule has 19 heavy (non-hydrogen) atoms. The Kier molecular flexibility index (Phi) is 4.70. The van der Waals surface area contributed by atoms with Gasteiger partial charge in [0, 0.05) is 0 Å². The molecule has 0 bridgehead atoms. The first-order valence-corrected chi connectivity index (χ1v) is 5.65. The number of rotatable bonds is 2. The van der Waals surface area contributed by atoms with Gasteiger partial charge < -0.3 is 10.4 Å². The van der Waals surface area contributed by atoms with Crippen LogP contribution in [-0.2, 0) is 4.79 Å². The Bertz CT molecular complexity index is 313. The van der Waals surface area contributed by atoms with Gasteiger partial charge in [0.25, 0.3) is 0 Å². The molecule has 1 aliphatic carbocycles. The first-order chi connectivity index (χ1) is 8.53. The Balaban J connectivity index is 2.78. The number of hydrogen-bond donors (Lipinski definition) is 2. The second kappa shape index (κ2) is 5.56. The second-order valence-corrected chi connectivity index (χ2v) is 4.48. The molecule has 0 aliphatic heterocycles. The van der Waals surface area contributed by atoms with Crippen molar-refractivity contribution in [2.24, 2.45) is 5.92 Å². The van der Waals surface area contributed by atoms with Gasteiger partial charge in [-0.15, -0.1) is 0 Å². The van der Waals surface area contributed by atoms with E-state index in [4.69, 9.17) is 0 Å². The van der Waals surface area contributed by atoms with E-state index in [9.17, 15) is 36.2 Å². The minimum absolute atomic E-state index is 0.162. The summed E-state index contributed by atoms with van der Waals surface area (Å²) in [6.07, 6.45) is -11.0. The Morgan fingerprint density at radius 1 is 1.05 bits per heavy atom. The smallest absolute Gasteiger partial charge is 0.391 e. The Morgan fingerprint density at radius 3 is 1.95 bits per heavy atom. The van der Waals surface area contributed by atoms with Crippen molar-refractivity contribution in [3.8, 4) is 0 Å². The number of carbonyl (C=O) groups is 1. The fourth-order valence-corrected chi connectivity index (χ4v) is 2.03. The van der Waals surface area contributed by atoms with Gasteiger partial charge >= 0.3 is 12.4 Å². The number of aliphatic hydroxyl groups is 1. The van der Waals surface area contributed by atoms with E-state index in [2.05, 4.69) is 0 Å². The van der Waals surface area contributed by atoms with Crippen molar-refractivity contribution in [1.29, 1.82) is 0 Å². The highest BCUT2D eigenvalue weighted by molar-refractivity contribution is 5.80. The van der Waals surface area contributed by atoms with Crippen molar-refractivity contribution in [2.45, 2.75) is 50.2 Å². The van der Waals surface area contributed by atoms with Crippen molar-refractivity contribution in [1.82, 2.24) is 5.32 Å². The lowest BCUT2D eigenvalue weighted by molar-refractivity contribution is -0.274. The van der Waals surface area contributed by atoms with Gasteiger partial charge in [-0.25, -0.2) is 0 Å². The largest absolute Gasteiger partial charge is 0.409 e. The number of amides is 1. The van der Waals surface area contributed by atoms with Crippen LogP contribution in [0.25, 0.3) is 0 Å². The van der Waals surface area contributed by atoms with Crippen molar-refractivity contribution >= 4 is 5.91 Å². The highest BCUT2D eigenvalue weighted by atomic mass is 19.4. The molecule has 2 atom stereocenters. The highest BCUT2D eigenvalue weighted by Gasteiger charge is 2.61. The van der Waals surface area contributed by atoms with E-state index in [0.717, 1.165) is 0 Å². The summed E-state index contributed by atoms with van der Waals surface area (Å²) in [5.41, 5.74) is 0. The number of aliphatic hydroxyl groups excluding tert-OH is 1. The molecule has 9 heteroatoms. The molecule has 0 aromatic carbocycles. The van der Waals surface area contributed by atoms with E-state index >= 15 is 0 Å². The molecule has 0 saturated heterocycles. The maximum Gasteiger partial charge on any atom is 0.409 e. The van der Waals surface area contributed by atoms with Crippen LogP contribution in [-0.4, -0.2) is 35.5 Å². The third kappa shape index (κ3) is 4.26. The highest BCUT2D eigenvalue weighted by Crippen LogP contribution is 2.39. The van der Waals surface area contributed by atoms with Gasteiger partial charge in [0.1, 0.15) is 0 Å². The molecule has 2 N–H and O–H groups in total. The molecule has 0 aromatic heterocycles. The fourth-order valence-electron chi connectivity index (χ4n) is 2.03. The molecular formula is C10H13F6NO2. The lowest BCUT2D eigenvalue weighted by atomic mass is 9.92. The topological polar surface area (TPSA) is 49.3 Å². The first-order valence-electron chi connectivity index (χ1n) is 5.65. The number of hydrogen-bond acceptors (Lipinski definition) is 2. The van der Waals surface area contributed by atoms with Crippen LogP contribution in [0.2, 0.25) is 0 Å². The predicted octanol–water partition coefficient (Wildman–Crippen LogP) is 2.15. The molecule has 112 valence electrons. The molecule has 0 aromatic rings. The van der Waals surface area contributed by atoms with Crippen LogP contribution in [0, 0.1) is 5.92 Å². The number of alkyl halides is 6. The third-order valence-electron chi connectivity index (χ3n) is 2.97. The van der Waals surface area contributed by atoms with Gasteiger partial charge in [-0.2, -0.15) is 26.3 Å². The van der Waals surface area contributed by atoms with Crippen LogP contribution in [0.1, 0.15) is 25.7 Å². The van der Waals surface area contributed by atoms with E-state index in [0.29, 0.717) is 12.8 Å².